The average Bonchev–Trinajstić information content (AvgIpc) is 2.93. The highest BCUT2D eigenvalue weighted by Gasteiger charge is 2.10. The molecule has 1 heterocycles. The first-order valence-corrected chi connectivity index (χ1v) is 7.06. The van der Waals surface area contributed by atoms with Crippen LogP contribution in [-0.4, -0.2) is 28.0 Å². The third-order valence-electron chi connectivity index (χ3n) is 2.92. The van der Waals surface area contributed by atoms with E-state index in [2.05, 4.69) is 51.7 Å². The molecule has 0 bridgehead atoms. The first-order valence-electron chi connectivity index (χ1n) is 6.07. The molecular weight excluding hydrogens is 244 g/mol. The first-order chi connectivity index (χ1) is 8.83. The Labute approximate surface area is 112 Å². The number of benzene rings is 1. The number of hydrogen-bond donors (Lipinski definition) is 2. The minimum atomic E-state index is 0.325. The van der Waals surface area contributed by atoms with Gasteiger partial charge in [0.1, 0.15) is 6.33 Å². The Balaban J connectivity index is 1.98. The standard InChI is InChI=1S/C13H18N4S/c1-3-10-4-6-11(7-5-10)12(14-2)8-18-13-15-9-16-17-13/h4-7,9,12,14H,3,8H2,1-2H3,(H,15,16,17). The molecule has 0 amide bonds. The number of rotatable bonds is 6. The van der Waals surface area contributed by atoms with Crippen molar-refractivity contribution in [2.75, 3.05) is 12.8 Å². The molecule has 0 aliphatic carbocycles. The second-order valence-corrected chi connectivity index (χ2v) is 5.05. The third-order valence-corrected chi connectivity index (χ3v) is 3.89. The molecule has 0 spiro atoms. The van der Waals surface area contributed by atoms with Gasteiger partial charge in [-0.2, -0.15) is 5.10 Å². The molecule has 1 unspecified atom stereocenters. The Morgan fingerprint density at radius 3 is 2.67 bits per heavy atom. The summed E-state index contributed by atoms with van der Waals surface area (Å²) in [7, 11) is 1.99. The van der Waals surface area contributed by atoms with Crippen LogP contribution in [0.1, 0.15) is 24.1 Å². The van der Waals surface area contributed by atoms with E-state index >= 15 is 0 Å². The van der Waals surface area contributed by atoms with E-state index in [1.165, 1.54) is 17.5 Å². The summed E-state index contributed by atoms with van der Waals surface area (Å²) in [5.74, 6) is 0.928. The van der Waals surface area contributed by atoms with E-state index in [4.69, 9.17) is 0 Å². The molecule has 0 saturated heterocycles. The van der Waals surface area contributed by atoms with Crippen LogP contribution in [0.4, 0.5) is 0 Å². The van der Waals surface area contributed by atoms with Gasteiger partial charge in [-0.15, -0.1) is 0 Å². The molecule has 0 saturated carbocycles. The van der Waals surface area contributed by atoms with E-state index in [-0.39, 0.29) is 0 Å². The van der Waals surface area contributed by atoms with Gasteiger partial charge in [0.15, 0.2) is 5.16 Å². The topological polar surface area (TPSA) is 53.6 Å². The van der Waals surface area contributed by atoms with Crippen molar-refractivity contribution in [1.29, 1.82) is 0 Å². The highest BCUT2D eigenvalue weighted by Crippen LogP contribution is 2.22. The van der Waals surface area contributed by atoms with Gasteiger partial charge in [-0.3, -0.25) is 5.10 Å². The highest BCUT2D eigenvalue weighted by molar-refractivity contribution is 7.99. The van der Waals surface area contributed by atoms with Crippen LogP contribution in [0.5, 0.6) is 0 Å². The van der Waals surface area contributed by atoms with Crippen molar-refractivity contribution in [1.82, 2.24) is 20.5 Å². The van der Waals surface area contributed by atoms with Crippen molar-refractivity contribution >= 4 is 11.8 Å². The number of aromatic amines is 1. The molecule has 0 aliphatic heterocycles. The van der Waals surface area contributed by atoms with Crippen LogP contribution in [0.2, 0.25) is 0 Å². The highest BCUT2D eigenvalue weighted by atomic mass is 32.2. The lowest BCUT2D eigenvalue weighted by Crippen LogP contribution is -2.18. The van der Waals surface area contributed by atoms with E-state index in [1.807, 2.05) is 7.05 Å². The van der Waals surface area contributed by atoms with Crippen LogP contribution < -0.4 is 5.32 Å². The van der Waals surface area contributed by atoms with E-state index < -0.39 is 0 Å². The van der Waals surface area contributed by atoms with Crippen molar-refractivity contribution in [3.8, 4) is 0 Å². The summed E-state index contributed by atoms with van der Waals surface area (Å²) in [6.07, 6.45) is 2.62. The Bertz CT molecular complexity index is 452. The second kappa shape index (κ2) is 6.56. The molecule has 2 N–H and O–H groups in total. The first kappa shape index (κ1) is 13.1. The van der Waals surface area contributed by atoms with Crippen LogP contribution in [-0.2, 0) is 6.42 Å². The fourth-order valence-corrected chi connectivity index (χ4v) is 2.68. The van der Waals surface area contributed by atoms with Gasteiger partial charge in [0.2, 0.25) is 0 Å². The van der Waals surface area contributed by atoms with E-state index in [0.29, 0.717) is 6.04 Å². The molecule has 1 aromatic carbocycles. The summed E-state index contributed by atoms with van der Waals surface area (Å²) >= 11 is 1.67. The number of nitrogens with zero attached hydrogens (tertiary/aromatic N) is 2. The molecule has 0 radical (unpaired) electrons. The van der Waals surface area contributed by atoms with E-state index in [1.54, 1.807) is 11.8 Å². The molecule has 2 rings (SSSR count). The maximum Gasteiger partial charge on any atom is 0.183 e. The van der Waals surface area contributed by atoms with Gasteiger partial charge >= 0.3 is 0 Å². The minimum Gasteiger partial charge on any atom is -0.312 e. The van der Waals surface area contributed by atoms with E-state index in [0.717, 1.165) is 17.3 Å². The lowest BCUT2D eigenvalue weighted by Gasteiger charge is -2.15. The molecule has 96 valence electrons. The number of H-pyrrole nitrogens is 1. The summed E-state index contributed by atoms with van der Waals surface area (Å²) < 4.78 is 0. The minimum absolute atomic E-state index is 0.325. The number of nitrogens with one attached hydrogen (secondary N) is 2. The zero-order chi connectivity index (χ0) is 12.8. The number of thioether (sulfide) groups is 1. The van der Waals surface area contributed by atoms with Crippen LogP contribution in [0.25, 0.3) is 0 Å². The molecule has 1 aromatic heterocycles. The van der Waals surface area contributed by atoms with Crippen LogP contribution in [0.3, 0.4) is 0 Å². The molecule has 4 nitrogen and oxygen atoms in total. The smallest absolute Gasteiger partial charge is 0.183 e. The predicted octanol–water partition coefficient (Wildman–Crippen LogP) is 2.42. The monoisotopic (exact) mass is 262 g/mol. The fraction of sp³-hybridized carbons (Fsp3) is 0.385. The normalized spacial score (nSPS) is 12.6. The van der Waals surface area contributed by atoms with Crippen molar-refractivity contribution in [3.63, 3.8) is 0 Å². The molecule has 0 aliphatic rings. The summed E-state index contributed by atoms with van der Waals surface area (Å²) in [4.78, 5) is 4.11. The van der Waals surface area contributed by atoms with Gasteiger partial charge in [-0.25, -0.2) is 4.98 Å². The van der Waals surface area contributed by atoms with Crippen molar-refractivity contribution in [3.05, 3.63) is 41.7 Å². The average molecular weight is 262 g/mol. The van der Waals surface area contributed by atoms with Crippen molar-refractivity contribution < 1.29 is 0 Å². The zero-order valence-electron chi connectivity index (χ0n) is 10.7. The lowest BCUT2D eigenvalue weighted by atomic mass is 10.1. The Kier molecular flexibility index (Phi) is 4.78. The van der Waals surface area contributed by atoms with Crippen LogP contribution >= 0.6 is 11.8 Å². The zero-order valence-corrected chi connectivity index (χ0v) is 11.5. The molecule has 18 heavy (non-hydrogen) atoms. The van der Waals surface area contributed by atoms with Crippen LogP contribution in [0, 0.1) is 0 Å². The Morgan fingerprint density at radius 1 is 1.33 bits per heavy atom. The number of hydrogen-bond acceptors (Lipinski definition) is 4. The summed E-state index contributed by atoms with van der Waals surface area (Å²) in [5.41, 5.74) is 2.68. The van der Waals surface area contributed by atoms with Gasteiger partial charge in [-0.05, 0) is 24.6 Å². The third kappa shape index (κ3) is 3.34. The summed E-state index contributed by atoms with van der Waals surface area (Å²) in [6.45, 7) is 2.17. The van der Waals surface area contributed by atoms with Gasteiger partial charge in [-0.1, -0.05) is 43.0 Å². The van der Waals surface area contributed by atoms with Gasteiger partial charge in [0.05, 0.1) is 0 Å². The largest absolute Gasteiger partial charge is 0.312 e. The Hall–Kier alpha value is -1.33. The maximum absolute atomic E-state index is 4.11. The molecule has 1 atom stereocenters. The summed E-state index contributed by atoms with van der Waals surface area (Å²) in [6, 6.07) is 9.10. The van der Waals surface area contributed by atoms with Gasteiger partial charge < -0.3 is 5.32 Å². The second-order valence-electron chi connectivity index (χ2n) is 4.04. The maximum atomic E-state index is 4.11. The SMILES string of the molecule is CCc1ccc(C(CSc2ncn[nH]2)NC)cc1. The predicted molar refractivity (Wildman–Crippen MR) is 74.7 cm³/mol. The molecule has 0 fully saturated rings. The van der Waals surface area contributed by atoms with Gasteiger partial charge in [0, 0.05) is 11.8 Å². The van der Waals surface area contributed by atoms with Crippen LogP contribution in [0.15, 0.2) is 35.7 Å². The molecule has 5 heteroatoms. The van der Waals surface area contributed by atoms with E-state index in [9.17, 15) is 0 Å². The fourth-order valence-electron chi connectivity index (χ4n) is 1.76. The molecular formula is C13H18N4S. The Morgan fingerprint density at radius 2 is 2.11 bits per heavy atom. The summed E-state index contributed by atoms with van der Waals surface area (Å²) in [5, 5.41) is 10.9. The van der Waals surface area contributed by atoms with Crippen molar-refractivity contribution in [2.45, 2.75) is 24.5 Å². The number of aromatic nitrogens is 3. The lowest BCUT2D eigenvalue weighted by molar-refractivity contribution is 0.660. The van der Waals surface area contributed by atoms with Crippen molar-refractivity contribution in [2.24, 2.45) is 0 Å². The van der Waals surface area contributed by atoms with Gasteiger partial charge in [0.25, 0.3) is 0 Å². The molecule has 2 aromatic rings. The quantitative estimate of drug-likeness (QED) is 0.785. The number of aryl methyl sites for hydroxylation is 1.